The van der Waals surface area contributed by atoms with Crippen LogP contribution in [0.5, 0.6) is 5.75 Å². The standard InChI is InChI=1S/C21H22ClNO4S/c1-3-27-21(25)18-13-28-20(15-5-4-6-16(22)12-15)23(18)19(24)11-14-7-9-17(26-2)10-8-14/h4-10,12,18,20H,3,11,13H2,1-2H3. The molecule has 1 heterocycles. The number of amides is 1. The molecular formula is C21H22ClNO4S. The molecule has 2 atom stereocenters. The Balaban J connectivity index is 1.86. The first-order valence-corrected chi connectivity index (χ1v) is 10.4. The highest BCUT2D eigenvalue weighted by Gasteiger charge is 2.42. The summed E-state index contributed by atoms with van der Waals surface area (Å²) in [5.74, 6) is 0.722. The Bertz CT molecular complexity index is 843. The number of ether oxygens (including phenoxy) is 2. The molecule has 2 aromatic carbocycles. The van der Waals surface area contributed by atoms with Gasteiger partial charge in [-0.05, 0) is 42.3 Å². The summed E-state index contributed by atoms with van der Waals surface area (Å²) in [4.78, 5) is 27.3. The second kappa shape index (κ2) is 9.34. The second-order valence-corrected chi connectivity index (χ2v) is 7.88. The molecule has 0 aromatic heterocycles. The number of halogens is 1. The van der Waals surface area contributed by atoms with Crippen molar-refractivity contribution in [3.05, 3.63) is 64.7 Å². The van der Waals surface area contributed by atoms with Gasteiger partial charge in [-0.25, -0.2) is 4.79 Å². The molecule has 1 fully saturated rings. The summed E-state index contributed by atoms with van der Waals surface area (Å²) in [6.07, 6.45) is 0.192. The normalized spacial score (nSPS) is 18.8. The molecule has 1 aliphatic heterocycles. The topological polar surface area (TPSA) is 55.8 Å². The van der Waals surface area contributed by atoms with E-state index in [9.17, 15) is 9.59 Å². The van der Waals surface area contributed by atoms with Crippen LogP contribution in [-0.2, 0) is 20.7 Å². The monoisotopic (exact) mass is 419 g/mol. The smallest absolute Gasteiger partial charge is 0.329 e. The summed E-state index contributed by atoms with van der Waals surface area (Å²) in [5.41, 5.74) is 1.75. The van der Waals surface area contributed by atoms with E-state index in [4.69, 9.17) is 21.1 Å². The van der Waals surface area contributed by atoms with Crippen molar-refractivity contribution in [1.29, 1.82) is 0 Å². The van der Waals surface area contributed by atoms with Crippen LogP contribution in [0.3, 0.4) is 0 Å². The van der Waals surface area contributed by atoms with Gasteiger partial charge in [-0.1, -0.05) is 35.9 Å². The molecule has 0 bridgehead atoms. The van der Waals surface area contributed by atoms with E-state index in [2.05, 4.69) is 0 Å². The van der Waals surface area contributed by atoms with Crippen LogP contribution in [-0.4, -0.2) is 42.3 Å². The third kappa shape index (κ3) is 4.62. The molecular weight excluding hydrogens is 398 g/mol. The van der Waals surface area contributed by atoms with Gasteiger partial charge in [0, 0.05) is 10.8 Å². The number of carbonyl (C=O) groups excluding carboxylic acids is 2. The van der Waals surface area contributed by atoms with Crippen molar-refractivity contribution >= 4 is 35.2 Å². The first-order valence-electron chi connectivity index (χ1n) is 9.01. The number of benzene rings is 2. The van der Waals surface area contributed by atoms with Crippen molar-refractivity contribution in [3.63, 3.8) is 0 Å². The van der Waals surface area contributed by atoms with Gasteiger partial charge in [0.15, 0.2) is 0 Å². The van der Waals surface area contributed by atoms with Gasteiger partial charge in [-0.3, -0.25) is 4.79 Å². The van der Waals surface area contributed by atoms with Crippen molar-refractivity contribution in [2.24, 2.45) is 0 Å². The number of esters is 1. The van der Waals surface area contributed by atoms with Crippen molar-refractivity contribution < 1.29 is 19.1 Å². The molecule has 28 heavy (non-hydrogen) atoms. The number of thioether (sulfide) groups is 1. The van der Waals surface area contributed by atoms with E-state index in [-0.39, 0.29) is 30.3 Å². The fourth-order valence-corrected chi connectivity index (χ4v) is 4.78. The second-order valence-electron chi connectivity index (χ2n) is 6.33. The zero-order valence-electron chi connectivity index (χ0n) is 15.8. The van der Waals surface area contributed by atoms with Gasteiger partial charge in [0.25, 0.3) is 0 Å². The molecule has 1 aliphatic rings. The molecule has 0 saturated carbocycles. The maximum atomic E-state index is 13.2. The molecule has 1 amide bonds. The van der Waals surface area contributed by atoms with E-state index in [0.717, 1.165) is 16.9 Å². The van der Waals surface area contributed by atoms with Crippen LogP contribution in [0, 0.1) is 0 Å². The lowest BCUT2D eigenvalue weighted by molar-refractivity contribution is -0.153. The Morgan fingerprint density at radius 1 is 1.21 bits per heavy atom. The summed E-state index contributed by atoms with van der Waals surface area (Å²) in [7, 11) is 1.60. The van der Waals surface area contributed by atoms with E-state index in [1.807, 2.05) is 42.5 Å². The fourth-order valence-electron chi connectivity index (χ4n) is 3.16. The SMILES string of the molecule is CCOC(=O)C1CSC(c2cccc(Cl)c2)N1C(=O)Cc1ccc(OC)cc1. The van der Waals surface area contributed by atoms with E-state index in [1.54, 1.807) is 36.8 Å². The van der Waals surface area contributed by atoms with Gasteiger partial charge in [-0.15, -0.1) is 11.8 Å². The van der Waals surface area contributed by atoms with Gasteiger partial charge in [-0.2, -0.15) is 0 Å². The van der Waals surface area contributed by atoms with Crippen LogP contribution >= 0.6 is 23.4 Å². The maximum absolute atomic E-state index is 13.2. The Morgan fingerprint density at radius 2 is 1.96 bits per heavy atom. The van der Waals surface area contributed by atoms with Gasteiger partial charge in [0.1, 0.15) is 17.2 Å². The molecule has 0 spiro atoms. The van der Waals surface area contributed by atoms with Gasteiger partial charge in [0.05, 0.1) is 20.1 Å². The van der Waals surface area contributed by atoms with Crippen molar-refractivity contribution in [1.82, 2.24) is 4.90 Å². The van der Waals surface area contributed by atoms with Crippen LogP contribution in [0.15, 0.2) is 48.5 Å². The fraction of sp³-hybridized carbons (Fsp3) is 0.333. The Kier molecular flexibility index (Phi) is 6.86. The summed E-state index contributed by atoms with van der Waals surface area (Å²) < 4.78 is 10.4. The first kappa shape index (κ1) is 20.6. The minimum absolute atomic E-state index is 0.127. The highest BCUT2D eigenvalue weighted by Crippen LogP contribution is 2.42. The van der Waals surface area contributed by atoms with Gasteiger partial charge < -0.3 is 14.4 Å². The Morgan fingerprint density at radius 3 is 2.61 bits per heavy atom. The Labute approximate surface area is 174 Å². The van der Waals surface area contributed by atoms with Crippen molar-refractivity contribution in [3.8, 4) is 5.75 Å². The molecule has 2 unspecified atom stereocenters. The third-order valence-electron chi connectivity index (χ3n) is 4.50. The molecule has 2 aromatic rings. The average molecular weight is 420 g/mol. The summed E-state index contributed by atoms with van der Waals surface area (Å²) in [6, 6.07) is 14.1. The van der Waals surface area contributed by atoms with E-state index >= 15 is 0 Å². The van der Waals surface area contributed by atoms with Crippen LogP contribution in [0.4, 0.5) is 0 Å². The lowest BCUT2D eigenvalue weighted by Gasteiger charge is -2.28. The number of rotatable bonds is 6. The minimum Gasteiger partial charge on any atom is -0.497 e. The minimum atomic E-state index is -0.611. The van der Waals surface area contributed by atoms with Crippen LogP contribution in [0.1, 0.15) is 23.4 Å². The third-order valence-corrected chi connectivity index (χ3v) is 6.05. The lowest BCUT2D eigenvalue weighted by Crippen LogP contribution is -2.44. The van der Waals surface area contributed by atoms with Crippen LogP contribution < -0.4 is 4.74 Å². The molecule has 0 radical (unpaired) electrons. The van der Waals surface area contributed by atoms with Crippen LogP contribution in [0.2, 0.25) is 5.02 Å². The molecule has 5 nitrogen and oxygen atoms in total. The maximum Gasteiger partial charge on any atom is 0.329 e. The highest BCUT2D eigenvalue weighted by molar-refractivity contribution is 7.99. The molecule has 0 aliphatic carbocycles. The summed E-state index contributed by atoms with van der Waals surface area (Å²) in [6.45, 7) is 2.04. The predicted molar refractivity (Wildman–Crippen MR) is 111 cm³/mol. The van der Waals surface area contributed by atoms with Crippen LogP contribution in [0.25, 0.3) is 0 Å². The molecule has 7 heteroatoms. The van der Waals surface area contributed by atoms with Gasteiger partial charge in [0.2, 0.25) is 5.91 Å². The molecule has 0 N–H and O–H groups in total. The summed E-state index contributed by atoms with van der Waals surface area (Å²) >= 11 is 7.69. The molecule has 1 saturated heterocycles. The van der Waals surface area contributed by atoms with Crippen molar-refractivity contribution in [2.45, 2.75) is 24.8 Å². The molecule has 3 rings (SSSR count). The first-order chi connectivity index (χ1) is 13.5. The van der Waals surface area contributed by atoms with E-state index in [0.29, 0.717) is 10.8 Å². The zero-order valence-corrected chi connectivity index (χ0v) is 17.3. The van der Waals surface area contributed by atoms with E-state index < -0.39 is 6.04 Å². The summed E-state index contributed by atoms with van der Waals surface area (Å²) in [5, 5.41) is 0.319. The number of hydrogen-bond acceptors (Lipinski definition) is 5. The Hall–Kier alpha value is -2.18. The average Bonchev–Trinajstić information content (AvgIpc) is 3.14. The van der Waals surface area contributed by atoms with E-state index in [1.165, 1.54) is 0 Å². The number of hydrogen-bond donors (Lipinski definition) is 0. The lowest BCUT2D eigenvalue weighted by atomic mass is 10.1. The number of methoxy groups -OCH3 is 1. The predicted octanol–water partition coefficient (Wildman–Crippen LogP) is 4.10. The quantitative estimate of drug-likeness (QED) is 0.660. The number of nitrogens with zero attached hydrogens (tertiary/aromatic N) is 1. The number of carbonyl (C=O) groups is 2. The van der Waals surface area contributed by atoms with Gasteiger partial charge >= 0.3 is 5.97 Å². The molecule has 148 valence electrons. The largest absolute Gasteiger partial charge is 0.497 e. The highest BCUT2D eigenvalue weighted by atomic mass is 35.5. The zero-order chi connectivity index (χ0) is 20.1. The van der Waals surface area contributed by atoms with Crippen molar-refractivity contribution in [2.75, 3.05) is 19.5 Å².